The molecule has 2 aromatic carbocycles. The zero-order valence-electron chi connectivity index (χ0n) is 11.0. The minimum absolute atomic E-state index is 0.0145. The van der Waals surface area contributed by atoms with E-state index in [0.29, 0.717) is 31.5 Å². The van der Waals surface area contributed by atoms with E-state index >= 15 is 0 Å². The molecule has 2 aromatic rings. The first-order chi connectivity index (χ1) is 10.5. The van der Waals surface area contributed by atoms with Crippen LogP contribution >= 0.6 is 58.2 Å². The summed E-state index contributed by atoms with van der Waals surface area (Å²) < 4.78 is 0. The summed E-state index contributed by atoms with van der Waals surface area (Å²) in [6, 6.07) is 10.3. The fourth-order valence-corrected chi connectivity index (χ4v) is 4.62. The second-order valence-electron chi connectivity index (χ2n) is 4.72. The monoisotopic (exact) mass is 391 g/mol. The average molecular weight is 393 g/mol. The SMILES string of the molecule is O=C1CSC(c2ccc(Cl)cc2Cl)N1c1cc(Cl)cc(Cl)c1. The Labute approximate surface area is 152 Å². The van der Waals surface area contributed by atoms with Crippen molar-refractivity contribution in [1.29, 1.82) is 0 Å². The highest BCUT2D eigenvalue weighted by atomic mass is 35.5. The summed E-state index contributed by atoms with van der Waals surface area (Å²) in [6.07, 6.45) is 0. The van der Waals surface area contributed by atoms with Crippen LogP contribution in [-0.4, -0.2) is 11.7 Å². The molecule has 1 saturated heterocycles. The van der Waals surface area contributed by atoms with Crippen LogP contribution in [0.25, 0.3) is 0 Å². The molecule has 1 amide bonds. The van der Waals surface area contributed by atoms with Crippen molar-refractivity contribution in [2.75, 3.05) is 10.7 Å². The van der Waals surface area contributed by atoms with Crippen LogP contribution < -0.4 is 4.90 Å². The molecular weight excluding hydrogens is 384 g/mol. The van der Waals surface area contributed by atoms with E-state index in [0.717, 1.165) is 5.56 Å². The molecule has 2 nitrogen and oxygen atoms in total. The van der Waals surface area contributed by atoms with E-state index in [2.05, 4.69) is 0 Å². The van der Waals surface area contributed by atoms with Crippen LogP contribution in [0.2, 0.25) is 20.1 Å². The molecule has 7 heteroatoms. The van der Waals surface area contributed by atoms with Crippen molar-refractivity contribution in [2.24, 2.45) is 0 Å². The average Bonchev–Trinajstić information content (AvgIpc) is 2.79. The number of carbonyl (C=O) groups is 1. The van der Waals surface area contributed by atoms with Crippen molar-refractivity contribution in [3.63, 3.8) is 0 Å². The fourth-order valence-electron chi connectivity index (χ4n) is 2.31. The van der Waals surface area contributed by atoms with Crippen LogP contribution in [0, 0.1) is 0 Å². The van der Waals surface area contributed by atoms with Gasteiger partial charge in [0.25, 0.3) is 0 Å². The predicted octanol–water partition coefficient (Wildman–Crippen LogP) is 6.08. The van der Waals surface area contributed by atoms with E-state index in [1.807, 2.05) is 6.07 Å². The van der Waals surface area contributed by atoms with E-state index in [-0.39, 0.29) is 11.3 Å². The molecule has 0 saturated carbocycles. The van der Waals surface area contributed by atoms with Gasteiger partial charge in [-0.1, -0.05) is 52.5 Å². The third-order valence-corrected chi connectivity index (χ3v) is 5.41. The lowest BCUT2D eigenvalue weighted by Gasteiger charge is -2.25. The molecule has 1 aliphatic rings. The minimum Gasteiger partial charge on any atom is -0.295 e. The topological polar surface area (TPSA) is 20.3 Å². The van der Waals surface area contributed by atoms with Crippen molar-refractivity contribution < 1.29 is 4.79 Å². The van der Waals surface area contributed by atoms with Gasteiger partial charge in [-0.2, -0.15) is 0 Å². The van der Waals surface area contributed by atoms with Crippen LogP contribution in [0.15, 0.2) is 36.4 Å². The van der Waals surface area contributed by atoms with Crippen molar-refractivity contribution in [2.45, 2.75) is 5.37 Å². The summed E-state index contributed by atoms with van der Waals surface area (Å²) in [7, 11) is 0. The van der Waals surface area contributed by atoms with Gasteiger partial charge in [0.1, 0.15) is 5.37 Å². The van der Waals surface area contributed by atoms with Gasteiger partial charge >= 0.3 is 0 Å². The number of thioether (sulfide) groups is 1. The van der Waals surface area contributed by atoms with E-state index < -0.39 is 0 Å². The standard InChI is InChI=1S/C15H9Cl4NOS/c16-8-1-2-12(13(19)6-8)15-20(14(21)7-22-15)11-4-9(17)3-10(18)5-11/h1-6,15H,7H2. The molecule has 114 valence electrons. The first kappa shape index (κ1) is 16.3. The van der Waals surface area contributed by atoms with Crippen molar-refractivity contribution in [1.82, 2.24) is 0 Å². The lowest BCUT2D eigenvalue weighted by atomic mass is 10.2. The third kappa shape index (κ3) is 3.19. The van der Waals surface area contributed by atoms with Crippen LogP contribution in [0.1, 0.15) is 10.9 Å². The Morgan fingerprint density at radius 2 is 1.64 bits per heavy atom. The molecule has 22 heavy (non-hydrogen) atoms. The number of carbonyl (C=O) groups excluding carboxylic acids is 1. The molecule has 3 rings (SSSR count). The molecule has 1 aliphatic heterocycles. The Hall–Kier alpha value is -0.580. The Kier molecular flexibility index (Phi) is 4.81. The Balaban J connectivity index is 2.05. The zero-order chi connectivity index (χ0) is 15.9. The van der Waals surface area contributed by atoms with E-state index in [4.69, 9.17) is 46.4 Å². The molecule has 1 atom stereocenters. The van der Waals surface area contributed by atoms with Crippen molar-refractivity contribution >= 4 is 69.8 Å². The maximum Gasteiger partial charge on any atom is 0.238 e. The summed E-state index contributed by atoms with van der Waals surface area (Å²) >= 11 is 25.8. The van der Waals surface area contributed by atoms with Crippen molar-refractivity contribution in [3.8, 4) is 0 Å². The number of halogens is 4. The van der Waals surface area contributed by atoms with Gasteiger partial charge < -0.3 is 0 Å². The van der Waals surface area contributed by atoms with E-state index in [9.17, 15) is 4.79 Å². The summed E-state index contributed by atoms with van der Waals surface area (Å²) in [6.45, 7) is 0. The third-order valence-electron chi connectivity index (χ3n) is 3.22. The molecule has 0 N–H and O–H groups in total. The van der Waals surface area contributed by atoms with Gasteiger partial charge in [-0.05, 0) is 30.3 Å². The zero-order valence-corrected chi connectivity index (χ0v) is 14.9. The Morgan fingerprint density at radius 3 is 2.27 bits per heavy atom. The van der Waals surface area contributed by atoms with Crippen LogP contribution in [0.4, 0.5) is 5.69 Å². The largest absolute Gasteiger partial charge is 0.295 e. The van der Waals surface area contributed by atoms with Crippen LogP contribution in [0.5, 0.6) is 0 Å². The molecule has 0 aliphatic carbocycles. The second-order valence-corrected chi connectivity index (χ2v) is 7.51. The minimum atomic E-state index is -0.230. The van der Waals surface area contributed by atoms with Crippen LogP contribution in [-0.2, 0) is 4.79 Å². The lowest BCUT2D eigenvalue weighted by molar-refractivity contribution is -0.115. The fraction of sp³-hybridized carbons (Fsp3) is 0.133. The molecule has 0 bridgehead atoms. The predicted molar refractivity (Wildman–Crippen MR) is 95.6 cm³/mol. The normalized spacial score (nSPS) is 18.1. The lowest BCUT2D eigenvalue weighted by Crippen LogP contribution is -2.28. The summed E-state index contributed by atoms with van der Waals surface area (Å²) in [4.78, 5) is 14.0. The maximum absolute atomic E-state index is 12.3. The van der Waals surface area contributed by atoms with E-state index in [1.165, 1.54) is 11.8 Å². The number of nitrogens with zero attached hydrogens (tertiary/aromatic N) is 1. The van der Waals surface area contributed by atoms with Gasteiger partial charge in [0, 0.05) is 31.3 Å². The summed E-state index contributed by atoms with van der Waals surface area (Å²) in [5.41, 5.74) is 1.49. The van der Waals surface area contributed by atoms with Gasteiger partial charge in [0.2, 0.25) is 5.91 Å². The summed E-state index contributed by atoms with van der Waals surface area (Å²) in [5, 5.41) is 1.81. The second kappa shape index (κ2) is 6.50. The summed E-state index contributed by atoms with van der Waals surface area (Å²) in [5.74, 6) is 0.354. The van der Waals surface area contributed by atoms with E-state index in [1.54, 1.807) is 35.2 Å². The molecule has 0 radical (unpaired) electrons. The highest BCUT2D eigenvalue weighted by Gasteiger charge is 2.35. The highest BCUT2D eigenvalue weighted by Crippen LogP contribution is 2.45. The number of hydrogen-bond acceptors (Lipinski definition) is 2. The van der Waals surface area contributed by atoms with Gasteiger partial charge in [-0.3, -0.25) is 9.69 Å². The Morgan fingerprint density at radius 1 is 0.955 bits per heavy atom. The first-order valence-electron chi connectivity index (χ1n) is 6.30. The number of anilines is 1. The molecule has 1 fully saturated rings. The number of benzene rings is 2. The van der Waals surface area contributed by atoms with Crippen molar-refractivity contribution in [3.05, 3.63) is 62.1 Å². The number of rotatable bonds is 2. The van der Waals surface area contributed by atoms with Gasteiger partial charge in [-0.15, -0.1) is 11.8 Å². The smallest absolute Gasteiger partial charge is 0.238 e. The number of amides is 1. The molecule has 0 spiro atoms. The van der Waals surface area contributed by atoms with Gasteiger partial charge in [-0.25, -0.2) is 0 Å². The molecule has 1 heterocycles. The van der Waals surface area contributed by atoms with Crippen LogP contribution in [0.3, 0.4) is 0 Å². The quantitative estimate of drug-likeness (QED) is 0.617. The number of hydrogen-bond donors (Lipinski definition) is 0. The van der Waals surface area contributed by atoms with Gasteiger partial charge in [0.05, 0.1) is 5.75 Å². The molecular formula is C15H9Cl4NOS. The Bertz CT molecular complexity index is 732. The maximum atomic E-state index is 12.3. The highest BCUT2D eigenvalue weighted by molar-refractivity contribution is 8.00. The van der Waals surface area contributed by atoms with Gasteiger partial charge in [0.15, 0.2) is 0 Å². The molecule has 1 unspecified atom stereocenters. The molecule has 0 aromatic heterocycles. The first-order valence-corrected chi connectivity index (χ1v) is 8.86.